The van der Waals surface area contributed by atoms with Crippen LogP contribution in [0.3, 0.4) is 0 Å². The third-order valence-electron chi connectivity index (χ3n) is 1.79. The topological polar surface area (TPSA) is 50.7 Å². The molecule has 92 valence electrons. The van der Waals surface area contributed by atoms with Crippen LogP contribution in [-0.4, -0.2) is 50.2 Å². The van der Waals surface area contributed by atoms with Crippen LogP contribution in [0.15, 0.2) is 0 Å². The molecule has 0 spiro atoms. The average Bonchev–Trinajstić information content (AvgIpc) is 2.20. The largest absolute Gasteiger partial charge is 0.389 e. The lowest BCUT2D eigenvalue weighted by atomic mass is 10.3. The Hall–Kier alpha value is -0.160. The minimum Gasteiger partial charge on any atom is -0.389 e. The fraction of sp³-hybridized carbons (Fsp3) is 1.00. The van der Waals surface area contributed by atoms with Crippen molar-refractivity contribution in [1.82, 2.24) is 5.32 Å². The third-order valence-corrected chi connectivity index (χ3v) is 1.79. The Morgan fingerprint density at radius 1 is 1.13 bits per heavy atom. The van der Waals surface area contributed by atoms with E-state index in [4.69, 9.17) is 9.47 Å². The van der Waals surface area contributed by atoms with E-state index in [0.717, 1.165) is 13.0 Å². The Morgan fingerprint density at radius 3 is 2.40 bits per heavy atom. The average molecular weight is 219 g/mol. The number of aliphatic hydroxyl groups excluding tert-OH is 1. The molecule has 0 fully saturated rings. The summed E-state index contributed by atoms with van der Waals surface area (Å²) in [6.45, 7) is 9.06. The van der Waals surface area contributed by atoms with Gasteiger partial charge in [-0.25, -0.2) is 0 Å². The van der Waals surface area contributed by atoms with E-state index in [1.165, 1.54) is 0 Å². The highest BCUT2D eigenvalue weighted by molar-refractivity contribution is 4.60. The van der Waals surface area contributed by atoms with Gasteiger partial charge in [-0.05, 0) is 6.42 Å². The van der Waals surface area contributed by atoms with Crippen LogP contribution in [0.5, 0.6) is 0 Å². The van der Waals surface area contributed by atoms with Crippen LogP contribution < -0.4 is 5.32 Å². The van der Waals surface area contributed by atoms with Crippen LogP contribution in [-0.2, 0) is 9.47 Å². The molecule has 0 radical (unpaired) electrons. The Balaban J connectivity index is 3.13. The summed E-state index contributed by atoms with van der Waals surface area (Å²) >= 11 is 0. The van der Waals surface area contributed by atoms with E-state index in [-0.39, 0.29) is 0 Å². The Morgan fingerprint density at radius 2 is 1.80 bits per heavy atom. The zero-order valence-electron chi connectivity index (χ0n) is 10.2. The van der Waals surface area contributed by atoms with Gasteiger partial charge in [0.2, 0.25) is 0 Å². The van der Waals surface area contributed by atoms with Gasteiger partial charge >= 0.3 is 0 Å². The monoisotopic (exact) mass is 219 g/mol. The van der Waals surface area contributed by atoms with Crippen LogP contribution in [0.1, 0.15) is 27.2 Å². The highest BCUT2D eigenvalue weighted by Crippen LogP contribution is 1.87. The van der Waals surface area contributed by atoms with Gasteiger partial charge in [-0.2, -0.15) is 0 Å². The van der Waals surface area contributed by atoms with Crippen molar-refractivity contribution < 1.29 is 14.6 Å². The lowest BCUT2D eigenvalue weighted by Crippen LogP contribution is -2.34. The van der Waals surface area contributed by atoms with Crippen molar-refractivity contribution in [2.75, 3.05) is 33.0 Å². The molecule has 1 unspecified atom stereocenters. The number of nitrogens with one attached hydrogen (secondary N) is 1. The van der Waals surface area contributed by atoms with Gasteiger partial charge in [0.15, 0.2) is 0 Å². The van der Waals surface area contributed by atoms with Crippen LogP contribution in [0.2, 0.25) is 0 Å². The number of hydrogen-bond acceptors (Lipinski definition) is 4. The first kappa shape index (κ1) is 14.8. The van der Waals surface area contributed by atoms with Crippen molar-refractivity contribution in [1.29, 1.82) is 0 Å². The van der Waals surface area contributed by atoms with E-state index in [2.05, 4.69) is 12.2 Å². The molecule has 0 aromatic heterocycles. The number of hydrogen-bond donors (Lipinski definition) is 2. The normalized spacial score (nSPS) is 13.4. The van der Waals surface area contributed by atoms with Crippen LogP contribution in [0.4, 0.5) is 0 Å². The first-order valence-corrected chi connectivity index (χ1v) is 5.73. The number of rotatable bonds is 10. The molecule has 2 N–H and O–H groups in total. The highest BCUT2D eigenvalue weighted by atomic mass is 16.5. The zero-order chi connectivity index (χ0) is 11.5. The third kappa shape index (κ3) is 11.8. The first-order chi connectivity index (χ1) is 7.16. The van der Waals surface area contributed by atoms with E-state index in [9.17, 15) is 5.11 Å². The molecule has 0 saturated heterocycles. The zero-order valence-corrected chi connectivity index (χ0v) is 10.2. The molecule has 0 aliphatic heterocycles. The van der Waals surface area contributed by atoms with Gasteiger partial charge < -0.3 is 19.9 Å². The van der Waals surface area contributed by atoms with Crippen molar-refractivity contribution in [3.8, 4) is 0 Å². The summed E-state index contributed by atoms with van der Waals surface area (Å²) in [4.78, 5) is 0. The van der Waals surface area contributed by atoms with Crippen molar-refractivity contribution in [3.05, 3.63) is 0 Å². The van der Waals surface area contributed by atoms with Crippen molar-refractivity contribution >= 4 is 0 Å². The maximum Gasteiger partial charge on any atom is 0.0897 e. The van der Waals surface area contributed by atoms with Gasteiger partial charge in [-0.3, -0.25) is 0 Å². The number of ether oxygens (including phenoxy) is 2. The summed E-state index contributed by atoms with van der Waals surface area (Å²) in [5.41, 5.74) is 0. The molecular weight excluding hydrogens is 194 g/mol. The van der Waals surface area contributed by atoms with Crippen LogP contribution in [0, 0.1) is 0 Å². The molecule has 0 aromatic rings. The highest BCUT2D eigenvalue weighted by Gasteiger charge is 2.04. The van der Waals surface area contributed by atoms with E-state index < -0.39 is 6.10 Å². The molecule has 0 aromatic carbocycles. The fourth-order valence-electron chi connectivity index (χ4n) is 1.01. The van der Waals surface area contributed by atoms with E-state index in [1.54, 1.807) is 0 Å². The van der Waals surface area contributed by atoms with E-state index >= 15 is 0 Å². The predicted octanol–water partition coefficient (Wildman–Crippen LogP) is 0.788. The van der Waals surface area contributed by atoms with Crippen molar-refractivity contribution in [2.45, 2.75) is 39.3 Å². The smallest absolute Gasteiger partial charge is 0.0897 e. The van der Waals surface area contributed by atoms with Gasteiger partial charge in [-0.15, -0.1) is 0 Å². The lowest BCUT2D eigenvalue weighted by molar-refractivity contribution is 0.00398. The second-order valence-corrected chi connectivity index (χ2v) is 3.90. The summed E-state index contributed by atoms with van der Waals surface area (Å²) in [7, 11) is 0. The second-order valence-electron chi connectivity index (χ2n) is 3.90. The molecule has 0 saturated carbocycles. The Kier molecular flexibility index (Phi) is 10.3. The molecule has 0 bridgehead atoms. The summed E-state index contributed by atoms with van der Waals surface area (Å²) in [6.07, 6.45) is 0.597. The molecule has 15 heavy (non-hydrogen) atoms. The van der Waals surface area contributed by atoms with Gasteiger partial charge in [0.25, 0.3) is 0 Å². The summed E-state index contributed by atoms with van der Waals surface area (Å²) < 4.78 is 10.5. The SMILES string of the molecule is CCCOCCOCC(O)CNC(C)C. The molecule has 0 amide bonds. The molecule has 0 aliphatic rings. The fourth-order valence-corrected chi connectivity index (χ4v) is 1.01. The first-order valence-electron chi connectivity index (χ1n) is 5.73. The van der Waals surface area contributed by atoms with Gasteiger partial charge in [0, 0.05) is 19.2 Å². The van der Waals surface area contributed by atoms with E-state index in [0.29, 0.717) is 32.4 Å². The maximum atomic E-state index is 9.47. The second kappa shape index (κ2) is 10.4. The Labute approximate surface area is 93.0 Å². The quantitative estimate of drug-likeness (QED) is 0.533. The van der Waals surface area contributed by atoms with Crippen LogP contribution in [0.25, 0.3) is 0 Å². The molecule has 0 rings (SSSR count). The molecule has 0 aliphatic carbocycles. The lowest BCUT2D eigenvalue weighted by Gasteiger charge is -2.14. The maximum absolute atomic E-state index is 9.47. The molecule has 4 heteroatoms. The van der Waals surface area contributed by atoms with Gasteiger partial charge in [0.1, 0.15) is 0 Å². The van der Waals surface area contributed by atoms with Gasteiger partial charge in [0.05, 0.1) is 25.9 Å². The molecule has 1 atom stereocenters. The molecular formula is C11H25NO3. The number of aliphatic hydroxyl groups is 1. The molecule has 4 nitrogen and oxygen atoms in total. The minimum atomic E-state index is -0.432. The summed E-state index contributed by atoms with van der Waals surface area (Å²) in [5, 5.41) is 12.6. The predicted molar refractivity (Wildman–Crippen MR) is 61.1 cm³/mol. The Bertz CT molecular complexity index is 131. The van der Waals surface area contributed by atoms with Crippen molar-refractivity contribution in [3.63, 3.8) is 0 Å². The summed E-state index contributed by atoms with van der Waals surface area (Å²) in [5.74, 6) is 0. The van der Waals surface area contributed by atoms with E-state index in [1.807, 2.05) is 13.8 Å². The standard InChI is InChI=1S/C11H25NO3/c1-4-5-14-6-7-15-9-11(13)8-12-10(2)3/h10-13H,4-9H2,1-3H3. The van der Waals surface area contributed by atoms with Gasteiger partial charge in [-0.1, -0.05) is 20.8 Å². The van der Waals surface area contributed by atoms with Crippen molar-refractivity contribution in [2.24, 2.45) is 0 Å². The van der Waals surface area contributed by atoms with Crippen LogP contribution >= 0.6 is 0 Å². The molecule has 0 heterocycles. The summed E-state index contributed by atoms with van der Waals surface area (Å²) in [6, 6.07) is 0.396. The minimum absolute atomic E-state index is 0.370.